The molecule has 0 aliphatic carbocycles. The Kier molecular flexibility index (Phi) is 4.22. The van der Waals surface area contributed by atoms with Gasteiger partial charge in [-0.25, -0.2) is 0 Å². The van der Waals surface area contributed by atoms with E-state index in [2.05, 4.69) is 0 Å². The van der Waals surface area contributed by atoms with Gasteiger partial charge in [-0.1, -0.05) is 6.92 Å². The highest BCUT2D eigenvalue weighted by Gasteiger charge is 2.09. The van der Waals surface area contributed by atoms with E-state index in [4.69, 9.17) is 4.74 Å². The van der Waals surface area contributed by atoms with Gasteiger partial charge in [0.25, 0.3) is 0 Å². The van der Waals surface area contributed by atoms with Crippen molar-refractivity contribution >= 4 is 6.04 Å². The highest BCUT2D eigenvalue weighted by molar-refractivity contribution is 5.72. The van der Waals surface area contributed by atoms with Gasteiger partial charge in [0.15, 0.2) is 0 Å². The Balaban J connectivity index is 3.27. The van der Waals surface area contributed by atoms with Crippen LogP contribution in [0.3, 0.4) is 0 Å². The summed E-state index contributed by atoms with van der Waals surface area (Å²) >= 11 is 0. The van der Waals surface area contributed by atoms with Gasteiger partial charge >= 0.3 is 6.04 Å². The SMILES string of the molecule is CCCOC(C)C(=O)F. The predicted molar refractivity (Wildman–Crippen MR) is 31.8 cm³/mol. The monoisotopic (exact) mass is 134 g/mol. The minimum atomic E-state index is -1.40. The van der Waals surface area contributed by atoms with E-state index in [1.807, 2.05) is 6.92 Å². The van der Waals surface area contributed by atoms with Crippen LogP contribution in [0.25, 0.3) is 0 Å². The molecule has 0 bridgehead atoms. The lowest BCUT2D eigenvalue weighted by atomic mass is 10.4. The fourth-order valence-electron chi connectivity index (χ4n) is 0.360. The van der Waals surface area contributed by atoms with Crippen LogP contribution in [0.15, 0.2) is 0 Å². The maximum atomic E-state index is 11.7. The lowest BCUT2D eigenvalue weighted by Crippen LogP contribution is -2.16. The first kappa shape index (κ1) is 8.56. The summed E-state index contributed by atoms with van der Waals surface area (Å²) in [5.41, 5.74) is 0. The fourth-order valence-corrected chi connectivity index (χ4v) is 0.360. The molecule has 0 saturated heterocycles. The Morgan fingerprint density at radius 2 is 2.33 bits per heavy atom. The Morgan fingerprint density at radius 1 is 1.78 bits per heavy atom. The summed E-state index contributed by atoms with van der Waals surface area (Å²) in [5.74, 6) is 0. The quantitative estimate of drug-likeness (QED) is 0.541. The van der Waals surface area contributed by atoms with Gasteiger partial charge in [0.1, 0.15) is 6.10 Å². The van der Waals surface area contributed by atoms with Crippen LogP contribution in [-0.2, 0) is 9.53 Å². The summed E-state index contributed by atoms with van der Waals surface area (Å²) in [6.07, 6.45) is -0.0811. The summed E-state index contributed by atoms with van der Waals surface area (Å²) in [5, 5.41) is 0. The van der Waals surface area contributed by atoms with E-state index in [-0.39, 0.29) is 0 Å². The summed E-state index contributed by atoms with van der Waals surface area (Å²) < 4.78 is 16.4. The molecule has 0 aromatic rings. The van der Waals surface area contributed by atoms with E-state index in [1.165, 1.54) is 6.92 Å². The van der Waals surface area contributed by atoms with Crippen LogP contribution in [0.4, 0.5) is 4.39 Å². The van der Waals surface area contributed by atoms with Gasteiger partial charge in [-0.05, 0) is 13.3 Å². The van der Waals surface area contributed by atoms with Gasteiger partial charge in [0.2, 0.25) is 0 Å². The topological polar surface area (TPSA) is 26.3 Å². The van der Waals surface area contributed by atoms with E-state index in [0.29, 0.717) is 6.61 Å². The molecule has 0 spiro atoms. The Bertz CT molecular complexity index is 93.1. The zero-order valence-electron chi connectivity index (χ0n) is 5.69. The average molecular weight is 134 g/mol. The molecule has 9 heavy (non-hydrogen) atoms. The van der Waals surface area contributed by atoms with Crippen LogP contribution in [0, 0.1) is 0 Å². The third-order valence-corrected chi connectivity index (χ3v) is 0.892. The number of hydrogen-bond acceptors (Lipinski definition) is 2. The third-order valence-electron chi connectivity index (χ3n) is 0.892. The van der Waals surface area contributed by atoms with Crippen LogP contribution in [-0.4, -0.2) is 18.7 Å². The molecule has 0 rings (SSSR count). The third kappa shape index (κ3) is 4.09. The number of carbonyl (C=O) groups excluding carboxylic acids is 1. The molecular weight excluding hydrogens is 123 g/mol. The number of rotatable bonds is 4. The van der Waals surface area contributed by atoms with Crippen molar-refractivity contribution in [1.29, 1.82) is 0 Å². The van der Waals surface area contributed by atoms with Gasteiger partial charge in [0.05, 0.1) is 0 Å². The van der Waals surface area contributed by atoms with Crippen molar-refractivity contribution in [2.45, 2.75) is 26.4 Å². The lowest BCUT2D eigenvalue weighted by Gasteiger charge is -2.04. The first-order valence-electron chi connectivity index (χ1n) is 2.99. The number of carbonyl (C=O) groups is 1. The van der Waals surface area contributed by atoms with E-state index < -0.39 is 12.1 Å². The number of halogens is 1. The first-order valence-corrected chi connectivity index (χ1v) is 2.99. The molecule has 0 radical (unpaired) electrons. The van der Waals surface area contributed by atoms with E-state index in [0.717, 1.165) is 6.42 Å². The van der Waals surface area contributed by atoms with Crippen molar-refractivity contribution in [1.82, 2.24) is 0 Å². The molecule has 0 amide bonds. The summed E-state index contributed by atoms with van der Waals surface area (Å²) in [6, 6.07) is -1.40. The summed E-state index contributed by atoms with van der Waals surface area (Å²) in [6.45, 7) is 3.74. The molecule has 0 aliphatic heterocycles. The molecule has 0 aromatic carbocycles. The minimum Gasteiger partial charge on any atom is -0.368 e. The zero-order valence-corrected chi connectivity index (χ0v) is 5.69. The van der Waals surface area contributed by atoms with Crippen LogP contribution < -0.4 is 0 Å². The maximum absolute atomic E-state index is 11.7. The van der Waals surface area contributed by atoms with Gasteiger partial charge in [0, 0.05) is 6.61 Å². The molecular formula is C6H11FO2. The Hall–Kier alpha value is -0.440. The van der Waals surface area contributed by atoms with Crippen LogP contribution >= 0.6 is 0 Å². The molecule has 0 heterocycles. The standard InChI is InChI=1S/C6H11FO2/c1-3-4-9-5(2)6(7)8/h5H,3-4H2,1-2H3. The molecule has 0 fully saturated rings. The summed E-state index contributed by atoms with van der Waals surface area (Å²) in [4.78, 5) is 9.86. The van der Waals surface area contributed by atoms with Crippen molar-refractivity contribution in [3.05, 3.63) is 0 Å². The zero-order chi connectivity index (χ0) is 7.28. The van der Waals surface area contributed by atoms with Gasteiger partial charge in [-0.15, -0.1) is 0 Å². The van der Waals surface area contributed by atoms with Crippen molar-refractivity contribution in [3.63, 3.8) is 0 Å². The number of hydrogen-bond donors (Lipinski definition) is 0. The Morgan fingerprint density at radius 3 is 2.67 bits per heavy atom. The molecule has 2 nitrogen and oxygen atoms in total. The van der Waals surface area contributed by atoms with Gasteiger partial charge in [-0.3, -0.25) is 4.79 Å². The molecule has 0 aliphatic rings. The summed E-state index contributed by atoms with van der Waals surface area (Å²) in [7, 11) is 0. The minimum absolute atomic E-state index is 0.441. The molecule has 0 N–H and O–H groups in total. The highest BCUT2D eigenvalue weighted by atomic mass is 19.1. The molecule has 54 valence electrons. The van der Waals surface area contributed by atoms with Gasteiger partial charge < -0.3 is 4.74 Å². The second kappa shape index (κ2) is 4.44. The normalized spacial score (nSPS) is 13.2. The molecule has 1 unspecified atom stereocenters. The van der Waals surface area contributed by atoms with Crippen LogP contribution in [0.5, 0.6) is 0 Å². The first-order chi connectivity index (χ1) is 4.18. The second-order valence-corrected chi connectivity index (χ2v) is 1.82. The maximum Gasteiger partial charge on any atom is 0.329 e. The molecule has 3 heteroatoms. The van der Waals surface area contributed by atoms with Crippen molar-refractivity contribution < 1.29 is 13.9 Å². The molecule has 0 aromatic heterocycles. The van der Waals surface area contributed by atoms with Crippen LogP contribution in [0.2, 0.25) is 0 Å². The van der Waals surface area contributed by atoms with Crippen LogP contribution in [0.1, 0.15) is 20.3 Å². The smallest absolute Gasteiger partial charge is 0.329 e. The van der Waals surface area contributed by atoms with E-state index in [1.54, 1.807) is 0 Å². The Labute approximate surface area is 54.0 Å². The average Bonchev–Trinajstić information content (AvgIpc) is 1.82. The second-order valence-electron chi connectivity index (χ2n) is 1.82. The van der Waals surface area contributed by atoms with Crippen molar-refractivity contribution in [3.8, 4) is 0 Å². The molecule has 1 atom stereocenters. The highest BCUT2D eigenvalue weighted by Crippen LogP contribution is 1.93. The van der Waals surface area contributed by atoms with E-state index >= 15 is 0 Å². The largest absolute Gasteiger partial charge is 0.368 e. The number of ether oxygens (including phenoxy) is 1. The van der Waals surface area contributed by atoms with E-state index in [9.17, 15) is 9.18 Å². The van der Waals surface area contributed by atoms with Gasteiger partial charge in [-0.2, -0.15) is 4.39 Å². The van der Waals surface area contributed by atoms with Crippen molar-refractivity contribution in [2.75, 3.05) is 6.61 Å². The lowest BCUT2D eigenvalue weighted by molar-refractivity contribution is -0.140. The molecule has 0 saturated carbocycles. The van der Waals surface area contributed by atoms with Crippen molar-refractivity contribution in [2.24, 2.45) is 0 Å². The fraction of sp³-hybridized carbons (Fsp3) is 0.833. The predicted octanol–water partition coefficient (Wildman–Crippen LogP) is 1.30.